The first-order chi connectivity index (χ1) is 15.7. The normalized spacial score (nSPS) is 24.0. The van der Waals surface area contributed by atoms with Gasteiger partial charge in [-0.3, -0.25) is 9.59 Å². The molecule has 0 spiro atoms. The van der Waals surface area contributed by atoms with Gasteiger partial charge in [0.1, 0.15) is 0 Å². The number of hydrogen-bond donors (Lipinski definition) is 2. The Labute approximate surface area is 199 Å². The maximum Gasteiger partial charge on any atom is 0.339 e. The number of nitrogens with one attached hydrogen (secondary N) is 2. The Kier molecular flexibility index (Phi) is 8.18. The number of thioether (sulfide) groups is 1. The van der Waals surface area contributed by atoms with Crippen molar-refractivity contribution < 1.29 is 23.9 Å². The van der Waals surface area contributed by atoms with Gasteiger partial charge in [0, 0.05) is 29.7 Å². The van der Waals surface area contributed by atoms with Crippen LogP contribution < -0.4 is 10.7 Å². The first kappa shape index (κ1) is 25.2. The van der Waals surface area contributed by atoms with E-state index in [0.717, 1.165) is 18.6 Å². The van der Waals surface area contributed by atoms with Crippen LogP contribution in [0.3, 0.4) is 0 Å². The first-order valence-electron chi connectivity index (χ1n) is 11.2. The van der Waals surface area contributed by atoms with Crippen LogP contribution in [-0.4, -0.2) is 56.1 Å². The maximum atomic E-state index is 12.6. The van der Waals surface area contributed by atoms with Crippen molar-refractivity contribution in [3.8, 4) is 0 Å². The molecule has 2 fully saturated rings. The molecule has 2 bridgehead atoms. The van der Waals surface area contributed by atoms with E-state index in [1.165, 1.54) is 18.2 Å². The number of rotatable bonds is 10. The zero-order chi connectivity index (χ0) is 24.1. The van der Waals surface area contributed by atoms with Gasteiger partial charge in [0.05, 0.1) is 17.9 Å². The van der Waals surface area contributed by atoms with E-state index in [2.05, 4.69) is 36.6 Å². The number of carbonyl (C=O) groups is 3. The second kappa shape index (κ2) is 10.7. The fraction of sp³-hybridized carbons (Fsp3) is 0.583. The highest BCUT2D eigenvalue weighted by atomic mass is 32.2. The molecule has 0 heterocycles. The molecule has 0 radical (unpaired) electrons. The summed E-state index contributed by atoms with van der Waals surface area (Å²) in [6, 6.07) is 6.85. The molecule has 2 aliphatic carbocycles. The molecule has 0 saturated heterocycles. The van der Waals surface area contributed by atoms with E-state index < -0.39 is 18.5 Å². The van der Waals surface area contributed by atoms with Gasteiger partial charge in [0.2, 0.25) is 5.91 Å². The van der Waals surface area contributed by atoms with Crippen molar-refractivity contribution in [1.82, 2.24) is 10.7 Å². The van der Waals surface area contributed by atoms with Crippen molar-refractivity contribution >= 4 is 35.3 Å². The predicted molar refractivity (Wildman–Crippen MR) is 127 cm³/mol. The molecule has 2 unspecified atom stereocenters. The van der Waals surface area contributed by atoms with Gasteiger partial charge in [-0.15, -0.1) is 11.8 Å². The summed E-state index contributed by atoms with van der Waals surface area (Å²) in [4.78, 5) is 37.3. The van der Waals surface area contributed by atoms with Crippen LogP contribution in [0.4, 0.5) is 0 Å². The summed E-state index contributed by atoms with van der Waals surface area (Å²) in [5.74, 6) is -0.498. The zero-order valence-electron chi connectivity index (χ0n) is 19.7. The zero-order valence-corrected chi connectivity index (χ0v) is 20.5. The van der Waals surface area contributed by atoms with Crippen LogP contribution in [0, 0.1) is 16.7 Å². The SMILES string of the molecule is COCCNC(=O)CSc1ccccc1C(=O)OCC(=O)N/N=C1\CC2CCC1(C)C2(C)C. The van der Waals surface area contributed by atoms with Crippen molar-refractivity contribution in [2.75, 3.05) is 32.6 Å². The minimum absolute atomic E-state index is 0.00631. The summed E-state index contributed by atoms with van der Waals surface area (Å²) in [6.07, 6.45) is 3.17. The quantitative estimate of drug-likeness (QED) is 0.233. The molecule has 2 saturated carbocycles. The highest BCUT2D eigenvalue weighted by Gasteiger charge is 2.60. The lowest BCUT2D eigenvalue weighted by atomic mass is 9.70. The van der Waals surface area contributed by atoms with E-state index in [0.29, 0.717) is 29.5 Å². The number of ether oxygens (including phenoxy) is 2. The highest BCUT2D eigenvalue weighted by molar-refractivity contribution is 8.00. The highest BCUT2D eigenvalue weighted by Crippen LogP contribution is 2.63. The summed E-state index contributed by atoms with van der Waals surface area (Å²) < 4.78 is 10.1. The van der Waals surface area contributed by atoms with E-state index in [-0.39, 0.29) is 22.5 Å². The van der Waals surface area contributed by atoms with Crippen LogP contribution in [0.5, 0.6) is 0 Å². The summed E-state index contributed by atoms with van der Waals surface area (Å²) in [6.45, 7) is 7.21. The number of hydrazone groups is 1. The molecule has 8 nitrogen and oxygen atoms in total. The van der Waals surface area contributed by atoms with Gasteiger partial charge < -0.3 is 14.8 Å². The van der Waals surface area contributed by atoms with Crippen molar-refractivity contribution in [1.29, 1.82) is 0 Å². The van der Waals surface area contributed by atoms with Gasteiger partial charge in [0.25, 0.3) is 5.91 Å². The molecule has 3 rings (SSSR count). The van der Waals surface area contributed by atoms with Crippen LogP contribution in [-0.2, 0) is 19.1 Å². The van der Waals surface area contributed by atoms with Gasteiger partial charge in [-0.1, -0.05) is 32.9 Å². The molecule has 2 aliphatic rings. The Balaban J connectivity index is 1.50. The van der Waals surface area contributed by atoms with E-state index >= 15 is 0 Å². The Morgan fingerprint density at radius 3 is 2.61 bits per heavy atom. The molecule has 0 aliphatic heterocycles. The molecule has 9 heteroatoms. The number of benzene rings is 1. The minimum Gasteiger partial charge on any atom is -0.452 e. The number of hydrogen-bond acceptors (Lipinski definition) is 7. The Morgan fingerprint density at radius 2 is 1.94 bits per heavy atom. The maximum absolute atomic E-state index is 12.6. The van der Waals surface area contributed by atoms with Gasteiger partial charge in [-0.05, 0) is 42.7 Å². The largest absolute Gasteiger partial charge is 0.452 e. The fourth-order valence-corrected chi connectivity index (χ4v) is 5.59. The number of esters is 1. The summed E-state index contributed by atoms with van der Waals surface area (Å²) in [7, 11) is 1.56. The van der Waals surface area contributed by atoms with Crippen LogP contribution in [0.2, 0.25) is 0 Å². The fourth-order valence-electron chi connectivity index (χ4n) is 4.72. The third-order valence-corrected chi connectivity index (χ3v) is 8.33. The Morgan fingerprint density at radius 1 is 1.18 bits per heavy atom. The van der Waals surface area contributed by atoms with Gasteiger partial charge in [-0.25, -0.2) is 10.2 Å². The van der Waals surface area contributed by atoms with Crippen LogP contribution >= 0.6 is 11.8 Å². The second-order valence-corrected chi connectivity index (χ2v) is 10.3. The lowest BCUT2D eigenvalue weighted by Crippen LogP contribution is -2.35. The molecule has 180 valence electrons. The topological polar surface area (TPSA) is 106 Å². The third kappa shape index (κ3) is 5.58. The molecule has 33 heavy (non-hydrogen) atoms. The van der Waals surface area contributed by atoms with Crippen molar-refractivity contribution in [2.24, 2.45) is 21.8 Å². The number of fused-ring (bicyclic) bond motifs is 2. The van der Waals surface area contributed by atoms with E-state index in [1.807, 2.05) is 0 Å². The molecule has 2 amide bonds. The van der Waals surface area contributed by atoms with Gasteiger partial charge in [0.15, 0.2) is 6.61 Å². The van der Waals surface area contributed by atoms with Crippen molar-refractivity contribution in [3.63, 3.8) is 0 Å². The van der Waals surface area contributed by atoms with Crippen molar-refractivity contribution in [2.45, 2.75) is 44.9 Å². The lowest BCUT2D eigenvalue weighted by Gasteiger charge is -2.34. The number of carbonyl (C=O) groups excluding carboxylic acids is 3. The molecule has 1 aromatic carbocycles. The molecule has 2 N–H and O–H groups in total. The average molecular weight is 476 g/mol. The Bertz CT molecular complexity index is 932. The number of methoxy groups -OCH3 is 1. The molecular weight excluding hydrogens is 442 g/mol. The van der Waals surface area contributed by atoms with E-state index in [9.17, 15) is 14.4 Å². The summed E-state index contributed by atoms with van der Waals surface area (Å²) in [5.41, 5.74) is 4.06. The van der Waals surface area contributed by atoms with Gasteiger partial charge >= 0.3 is 5.97 Å². The second-order valence-electron chi connectivity index (χ2n) is 9.29. The monoisotopic (exact) mass is 475 g/mol. The third-order valence-electron chi connectivity index (χ3n) is 7.26. The lowest BCUT2D eigenvalue weighted by molar-refractivity contribution is -0.124. The molecule has 1 aromatic rings. The average Bonchev–Trinajstić information content (AvgIpc) is 3.13. The smallest absolute Gasteiger partial charge is 0.339 e. The Hall–Kier alpha value is -2.39. The van der Waals surface area contributed by atoms with Crippen molar-refractivity contribution in [3.05, 3.63) is 29.8 Å². The van der Waals surface area contributed by atoms with Gasteiger partial charge in [-0.2, -0.15) is 5.10 Å². The van der Waals surface area contributed by atoms with E-state index in [4.69, 9.17) is 9.47 Å². The standard InChI is InChI=1S/C24H33N3O5S/c1-23(2)16-9-10-24(23,3)19(13-16)26-27-20(28)14-32-22(30)17-7-5-6-8-18(17)33-15-21(29)25-11-12-31-4/h5-8,16H,9-15H2,1-4H3,(H,25,29)(H,27,28)/b26-19+. The molecular formula is C24H33N3O5S. The van der Waals surface area contributed by atoms with E-state index in [1.54, 1.807) is 31.4 Å². The first-order valence-corrected chi connectivity index (χ1v) is 12.2. The summed E-state index contributed by atoms with van der Waals surface area (Å²) >= 11 is 1.23. The molecule has 2 atom stereocenters. The number of nitrogens with zero attached hydrogens (tertiary/aromatic N) is 1. The summed E-state index contributed by atoms with van der Waals surface area (Å²) in [5, 5.41) is 7.12. The van der Waals surface area contributed by atoms with Crippen LogP contribution in [0.1, 0.15) is 50.4 Å². The minimum atomic E-state index is -0.617. The molecule has 0 aromatic heterocycles. The number of amides is 2. The van der Waals surface area contributed by atoms with Crippen LogP contribution in [0.15, 0.2) is 34.3 Å². The van der Waals surface area contributed by atoms with Crippen LogP contribution in [0.25, 0.3) is 0 Å². The predicted octanol–water partition coefficient (Wildman–Crippen LogP) is 3.02.